The zero-order valence-corrected chi connectivity index (χ0v) is 11.7. The topological polar surface area (TPSA) is 12.0 Å². The Balaban J connectivity index is 2.10. The van der Waals surface area contributed by atoms with Crippen molar-refractivity contribution in [3.8, 4) is 0 Å². The van der Waals surface area contributed by atoms with Gasteiger partial charge in [0.2, 0.25) is 0 Å². The van der Waals surface area contributed by atoms with E-state index in [1.165, 1.54) is 50.7 Å². The third kappa shape index (κ3) is 6.15. The molecule has 1 N–H and O–H groups in total. The molecule has 0 fully saturated rings. The van der Waals surface area contributed by atoms with Crippen molar-refractivity contribution in [3.63, 3.8) is 0 Å². The quantitative estimate of drug-likeness (QED) is 0.619. The monoisotopic (exact) mass is 251 g/mol. The van der Waals surface area contributed by atoms with Crippen LogP contribution in [0.15, 0.2) is 24.3 Å². The molecular formula is C16H26FN. The van der Waals surface area contributed by atoms with E-state index >= 15 is 0 Å². The van der Waals surface area contributed by atoms with Gasteiger partial charge >= 0.3 is 0 Å². The van der Waals surface area contributed by atoms with E-state index in [-0.39, 0.29) is 5.82 Å². The zero-order chi connectivity index (χ0) is 13.2. The molecule has 0 aliphatic carbocycles. The van der Waals surface area contributed by atoms with Crippen molar-refractivity contribution in [2.45, 2.75) is 58.4 Å². The summed E-state index contributed by atoms with van der Waals surface area (Å²) in [7, 11) is 0. The van der Waals surface area contributed by atoms with Gasteiger partial charge in [0.1, 0.15) is 5.82 Å². The van der Waals surface area contributed by atoms with Gasteiger partial charge in [0, 0.05) is 6.04 Å². The largest absolute Gasteiger partial charge is 0.310 e. The van der Waals surface area contributed by atoms with Crippen LogP contribution < -0.4 is 5.32 Å². The minimum Gasteiger partial charge on any atom is -0.310 e. The average molecular weight is 251 g/mol. The standard InChI is InChI=1S/C16H26FN/c1-3-4-5-6-7-8-13-18-14(2)15-9-11-16(17)12-10-15/h9-12,14,18H,3-8,13H2,1-2H3/t14-/m1/s1. The summed E-state index contributed by atoms with van der Waals surface area (Å²) in [6.07, 6.45) is 7.92. The van der Waals surface area contributed by atoms with Crippen LogP contribution in [0.25, 0.3) is 0 Å². The van der Waals surface area contributed by atoms with Crippen molar-refractivity contribution in [2.75, 3.05) is 6.54 Å². The maximum Gasteiger partial charge on any atom is 0.123 e. The fourth-order valence-corrected chi connectivity index (χ4v) is 2.09. The van der Waals surface area contributed by atoms with Gasteiger partial charge in [-0.2, -0.15) is 0 Å². The highest BCUT2D eigenvalue weighted by molar-refractivity contribution is 5.19. The van der Waals surface area contributed by atoms with Crippen molar-refractivity contribution >= 4 is 0 Å². The highest BCUT2D eigenvalue weighted by Crippen LogP contribution is 2.13. The number of hydrogen-bond donors (Lipinski definition) is 1. The Labute approximate surface area is 111 Å². The van der Waals surface area contributed by atoms with Gasteiger partial charge in [0.15, 0.2) is 0 Å². The molecule has 0 spiro atoms. The van der Waals surface area contributed by atoms with Gasteiger partial charge in [-0.1, -0.05) is 51.2 Å². The van der Waals surface area contributed by atoms with E-state index in [0.717, 1.165) is 12.1 Å². The van der Waals surface area contributed by atoms with Gasteiger partial charge in [-0.25, -0.2) is 4.39 Å². The summed E-state index contributed by atoms with van der Waals surface area (Å²) in [4.78, 5) is 0. The van der Waals surface area contributed by atoms with Crippen LogP contribution in [0, 0.1) is 5.82 Å². The molecule has 18 heavy (non-hydrogen) atoms. The predicted molar refractivity (Wildman–Crippen MR) is 76.2 cm³/mol. The third-order valence-corrected chi connectivity index (χ3v) is 3.35. The van der Waals surface area contributed by atoms with E-state index in [1.54, 1.807) is 0 Å². The van der Waals surface area contributed by atoms with Gasteiger partial charge < -0.3 is 5.32 Å². The molecule has 1 aromatic carbocycles. The van der Waals surface area contributed by atoms with Crippen LogP contribution in [0.2, 0.25) is 0 Å². The molecule has 0 aliphatic heterocycles. The lowest BCUT2D eigenvalue weighted by Crippen LogP contribution is -2.19. The molecule has 0 saturated heterocycles. The van der Waals surface area contributed by atoms with Gasteiger partial charge in [0.25, 0.3) is 0 Å². The molecule has 0 amide bonds. The predicted octanol–water partition coefficient (Wildman–Crippen LogP) is 4.84. The van der Waals surface area contributed by atoms with E-state index in [4.69, 9.17) is 0 Å². The highest BCUT2D eigenvalue weighted by Gasteiger charge is 2.03. The molecule has 2 heteroatoms. The van der Waals surface area contributed by atoms with Gasteiger partial charge in [0.05, 0.1) is 0 Å². The van der Waals surface area contributed by atoms with Crippen LogP contribution in [0.1, 0.15) is 64.0 Å². The van der Waals surface area contributed by atoms with Crippen LogP contribution >= 0.6 is 0 Å². The smallest absolute Gasteiger partial charge is 0.123 e. The first-order valence-electron chi connectivity index (χ1n) is 7.23. The number of rotatable bonds is 9. The molecule has 0 unspecified atom stereocenters. The normalized spacial score (nSPS) is 12.6. The molecule has 0 aliphatic rings. The minimum atomic E-state index is -0.165. The Morgan fingerprint density at radius 1 is 1.00 bits per heavy atom. The second kappa shape index (κ2) is 9.09. The molecular weight excluding hydrogens is 225 g/mol. The second-order valence-corrected chi connectivity index (χ2v) is 5.00. The molecule has 1 nitrogen and oxygen atoms in total. The molecule has 0 bridgehead atoms. The van der Waals surface area contributed by atoms with Gasteiger partial charge in [-0.3, -0.25) is 0 Å². The van der Waals surface area contributed by atoms with Crippen molar-refractivity contribution in [1.29, 1.82) is 0 Å². The Bertz CT molecular complexity index is 307. The first kappa shape index (κ1) is 15.2. The van der Waals surface area contributed by atoms with Gasteiger partial charge in [-0.05, 0) is 37.6 Å². The maximum atomic E-state index is 12.8. The van der Waals surface area contributed by atoms with Crippen molar-refractivity contribution in [2.24, 2.45) is 0 Å². The Hall–Kier alpha value is -0.890. The van der Waals surface area contributed by atoms with Crippen LogP contribution in [-0.4, -0.2) is 6.54 Å². The SMILES string of the molecule is CCCCCCCCN[C@H](C)c1ccc(F)cc1. The molecule has 1 atom stereocenters. The summed E-state index contributed by atoms with van der Waals surface area (Å²) < 4.78 is 12.8. The summed E-state index contributed by atoms with van der Waals surface area (Å²) in [6, 6.07) is 7.07. The lowest BCUT2D eigenvalue weighted by molar-refractivity contribution is 0.526. The van der Waals surface area contributed by atoms with Crippen molar-refractivity contribution in [3.05, 3.63) is 35.6 Å². The zero-order valence-electron chi connectivity index (χ0n) is 11.7. The van der Waals surface area contributed by atoms with E-state index in [0.29, 0.717) is 6.04 Å². The number of benzene rings is 1. The lowest BCUT2D eigenvalue weighted by Gasteiger charge is -2.14. The molecule has 0 aromatic heterocycles. The molecule has 0 radical (unpaired) electrons. The Kier molecular flexibility index (Phi) is 7.66. The third-order valence-electron chi connectivity index (χ3n) is 3.35. The molecule has 0 heterocycles. The lowest BCUT2D eigenvalue weighted by atomic mass is 10.1. The van der Waals surface area contributed by atoms with E-state index in [2.05, 4.69) is 19.2 Å². The molecule has 1 rings (SSSR count). The van der Waals surface area contributed by atoms with Crippen molar-refractivity contribution < 1.29 is 4.39 Å². The summed E-state index contributed by atoms with van der Waals surface area (Å²) in [5, 5.41) is 3.49. The Morgan fingerprint density at radius 2 is 1.61 bits per heavy atom. The maximum absolute atomic E-state index is 12.8. The van der Waals surface area contributed by atoms with E-state index in [1.807, 2.05) is 12.1 Å². The molecule has 1 aromatic rings. The van der Waals surface area contributed by atoms with E-state index < -0.39 is 0 Å². The fraction of sp³-hybridized carbons (Fsp3) is 0.625. The minimum absolute atomic E-state index is 0.165. The number of hydrogen-bond acceptors (Lipinski definition) is 1. The van der Waals surface area contributed by atoms with E-state index in [9.17, 15) is 4.39 Å². The molecule has 0 saturated carbocycles. The summed E-state index contributed by atoms with van der Waals surface area (Å²) in [5.41, 5.74) is 1.15. The average Bonchev–Trinajstić information content (AvgIpc) is 2.38. The van der Waals surface area contributed by atoms with Gasteiger partial charge in [-0.15, -0.1) is 0 Å². The van der Waals surface area contributed by atoms with Crippen LogP contribution in [0.4, 0.5) is 4.39 Å². The second-order valence-electron chi connectivity index (χ2n) is 5.00. The number of halogens is 1. The van der Waals surface area contributed by atoms with Crippen molar-refractivity contribution in [1.82, 2.24) is 5.32 Å². The summed E-state index contributed by atoms with van der Waals surface area (Å²) in [5.74, 6) is -0.165. The van der Waals surface area contributed by atoms with Crippen LogP contribution in [0.3, 0.4) is 0 Å². The number of unbranched alkanes of at least 4 members (excludes halogenated alkanes) is 5. The summed E-state index contributed by atoms with van der Waals surface area (Å²) in [6.45, 7) is 5.42. The van der Waals surface area contributed by atoms with Crippen LogP contribution in [0.5, 0.6) is 0 Å². The fourth-order valence-electron chi connectivity index (χ4n) is 2.09. The van der Waals surface area contributed by atoms with Crippen LogP contribution in [-0.2, 0) is 0 Å². The summed E-state index contributed by atoms with van der Waals surface area (Å²) >= 11 is 0. The number of nitrogens with one attached hydrogen (secondary N) is 1. The Morgan fingerprint density at radius 3 is 2.28 bits per heavy atom. The first-order chi connectivity index (χ1) is 8.74. The highest BCUT2D eigenvalue weighted by atomic mass is 19.1. The molecule has 102 valence electrons. The first-order valence-corrected chi connectivity index (χ1v) is 7.23.